The molecule has 3 atom stereocenters. The van der Waals surface area contributed by atoms with E-state index in [2.05, 4.69) is 5.32 Å². The van der Waals surface area contributed by atoms with Crippen LogP contribution in [0.3, 0.4) is 0 Å². The van der Waals surface area contributed by atoms with Crippen LogP contribution in [-0.2, 0) is 9.53 Å². The Bertz CT molecular complexity index is 558. The first-order chi connectivity index (χ1) is 10.6. The van der Waals surface area contributed by atoms with Gasteiger partial charge in [0.25, 0.3) is 5.91 Å². The number of nitrogens with one attached hydrogen (secondary N) is 1. The van der Waals surface area contributed by atoms with Crippen molar-refractivity contribution >= 4 is 11.8 Å². The van der Waals surface area contributed by atoms with E-state index in [1.165, 1.54) is 0 Å². The molecule has 0 aliphatic carbocycles. The molecule has 118 valence electrons. The Kier molecular flexibility index (Phi) is 4.16. The van der Waals surface area contributed by atoms with Crippen molar-refractivity contribution in [3.8, 4) is 0 Å². The van der Waals surface area contributed by atoms with E-state index in [0.717, 1.165) is 6.42 Å². The van der Waals surface area contributed by atoms with Crippen molar-refractivity contribution in [3.05, 3.63) is 35.9 Å². The maximum atomic E-state index is 12.7. The van der Waals surface area contributed by atoms with Gasteiger partial charge in [0, 0.05) is 24.8 Å². The number of hydrogen-bond acceptors (Lipinski definition) is 3. The molecule has 0 aromatic heterocycles. The fraction of sp³-hybridized carbons (Fsp3) is 0.529. The molecule has 0 bridgehead atoms. The predicted molar refractivity (Wildman–Crippen MR) is 82.4 cm³/mol. The number of hydrogen-bond donors (Lipinski definition) is 1. The molecule has 2 fully saturated rings. The number of rotatable bonds is 3. The molecule has 22 heavy (non-hydrogen) atoms. The van der Waals surface area contributed by atoms with Crippen LogP contribution in [0.25, 0.3) is 0 Å². The Labute approximate surface area is 130 Å². The standard InChI is InChI=1S/C17H22N2O3/c1-11(2)18-16(20)13-10-19(14-8-9-22-15(13)14)17(21)12-6-4-3-5-7-12/h3-7,11,13-15H,8-10H2,1-2H3,(H,18,20)/t13-,14-,15-/m1/s1. The summed E-state index contributed by atoms with van der Waals surface area (Å²) in [6.45, 7) is 4.92. The molecule has 0 unspecified atom stereocenters. The molecule has 2 heterocycles. The molecular formula is C17H22N2O3. The highest BCUT2D eigenvalue weighted by atomic mass is 16.5. The van der Waals surface area contributed by atoms with Crippen LogP contribution in [0.15, 0.2) is 30.3 Å². The third-order valence-corrected chi connectivity index (χ3v) is 4.34. The molecule has 3 rings (SSSR count). The zero-order chi connectivity index (χ0) is 15.7. The molecule has 0 saturated carbocycles. The van der Waals surface area contributed by atoms with Crippen LogP contribution in [0.4, 0.5) is 0 Å². The second-order valence-corrected chi connectivity index (χ2v) is 6.28. The van der Waals surface area contributed by atoms with Gasteiger partial charge < -0.3 is 15.0 Å². The van der Waals surface area contributed by atoms with Crippen LogP contribution in [0, 0.1) is 5.92 Å². The van der Waals surface area contributed by atoms with Crippen LogP contribution in [0.2, 0.25) is 0 Å². The highest BCUT2D eigenvalue weighted by Crippen LogP contribution is 2.34. The normalized spacial score (nSPS) is 27.0. The molecule has 1 aromatic carbocycles. The monoisotopic (exact) mass is 302 g/mol. The third-order valence-electron chi connectivity index (χ3n) is 4.34. The van der Waals surface area contributed by atoms with E-state index >= 15 is 0 Å². The number of likely N-dealkylation sites (tertiary alicyclic amines) is 1. The van der Waals surface area contributed by atoms with Gasteiger partial charge in [0.1, 0.15) is 0 Å². The van der Waals surface area contributed by atoms with E-state index in [1.807, 2.05) is 49.1 Å². The van der Waals surface area contributed by atoms with Gasteiger partial charge in [-0.05, 0) is 32.4 Å². The number of benzene rings is 1. The van der Waals surface area contributed by atoms with Crippen LogP contribution < -0.4 is 5.32 Å². The van der Waals surface area contributed by atoms with Gasteiger partial charge in [-0.3, -0.25) is 9.59 Å². The van der Waals surface area contributed by atoms with Crippen molar-refractivity contribution in [3.63, 3.8) is 0 Å². The number of amides is 2. The second kappa shape index (κ2) is 6.08. The summed E-state index contributed by atoms with van der Waals surface area (Å²) >= 11 is 0. The summed E-state index contributed by atoms with van der Waals surface area (Å²) in [5, 5.41) is 2.94. The molecule has 5 heteroatoms. The minimum atomic E-state index is -0.275. The highest BCUT2D eigenvalue weighted by Gasteiger charge is 2.50. The predicted octanol–water partition coefficient (Wildman–Crippen LogP) is 1.44. The first-order valence-electron chi connectivity index (χ1n) is 7.86. The summed E-state index contributed by atoms with van der Waals surface area (Å²) in [5.41, 5.74) is 0.665. The molecule has 5 nitrogen and oxygen atoms in total. The van der Waals surface area contributed by atoms with Crippen molar-refractivity contribution in [2.75, 3.05) is 13.2 Å². The lowest BCUT2D eigenvalue weighted by Gasteiger charge is -2.22. The van der Waals surface area contributed by atoms with Gasteiger partial charge >= 0.3 is 0 Å². The molecule has 2 aliphatic heterocycles. The molecular weight excluding hydrogens is 280 g/mol. The van der Waals surface area contributed by atoms with Crippen LogP contribution >= 0.6 is 0 Å². The zero-order valence-electron chi connectivity index (χ0n) is 13.0. The SMILES string of the molecule is CC(C)NC(=O)[C@@H]1CN(C(=O)c2ccccc2)[C@@H]2CCO[C@@H]21. The Balaban J connectivity index is 1.79. The first kappa shape index (κ1) is 15.0. The van der Waals surface area contributed by atoms with Gasteiger partial charge in [0.05, 0.1) is 18.1 Å². The summed E-state index contributed by atoms with van der Waals surface area (Å²) in [6.07, 6.45) is 0.626. The molecule has 1 aromatic rings. The molecule has 0 radical (unpaired) electrons. The summed E-state index contributed by atoms with van der Waals surface area (Å²) in [4.78, 5) is 26.9. The van der Waals surface area contributed by atoms with Gasteiger partial charge in [0.15, 0.2) is 0 Å². The first-order valence-corrected chi connectivity index (χ1v) is 7.86. The number of nitrogens with zero attached hydrogens (tertiary/aromatic N) is 1. The van der Waals surface area contributed by atoms with E-state index in [1.54, 1.807) is 0 Å². The maximum Gasteiger partial charge on any atom is 0.254 e. The van der Waals surface area contributed by atoms with Crippen LogP contribution in [-0.4, -0.2) is 48.1 Å². The lowest BCUT2D eigenvalue weighted by atomic mass is 10.0. The molecule has 2 saturated heterocycles. The number of carbonyl (C=O) groups excluding carboxylic acids is 2. The molecule has 1 N–H and O–H groups in total. The summed E-state index contributed by atoms with van der Waals surface area (Å²) in [6, 6.07) is 9.33. The topological polar surface area (TPSA) is 58.6 Å². The van der Waals surface area contributed by atoms with Crippen LogP contribution in [0.1, 0.15) is 30.6 Å². The van der Waals surface area contributed by atoms with Gasteiger partial charge in [-0.2, -0.15) is 0 Å². The number of ether oxygens (including phenoxy) is 1. The second-order valence-electron chi connectivity index (χ2n) is 6.28. The molecule has 0 spiro atoms. The van der Waals surface area contributed by atoms with Crippen molar-refractivity contribution < 1.29 is 14.3 Å². The maximum absolute atomic E-state index is 12.7. The number of carbonyl (C=O) groups is 2. The largest absolute Gasteiger partial charge is 0.375 e. The Morgan fingerprint density at radius 1 is 1.27 bits per heavy atom. The Morgan fingerprint density at radius 2 is 2.00 bits per heavy atom. The smallest absolute Gasteiger partial charge is 0.254 e. The van der Waals surface area contributed by atoms with Gasteiger partial charge in [-0.15, -0.1) is 0 Å². The summed E-state index contributed by atoms with van der Waals surface area (Å²) in [7, 11) is 0. The van der Waals surface area contributed by atoms with Crippen LogP contribution in [0.5, 0.6) is 0 Å². The van der Waals surface area contributed by atoms with Crippen molar-refractivity contribution in [1.29, 1.82) is 0 Å². The van der Waals surface area contributed by atoms with E-state index in [0.29, 0.717) is 18.7 Å². The van der Waals surface area contributed by atoms with Crippen molar-refractivity contribution in [2.24, 2.45) is 5.92 Å². The van der Waals surface area contributed by atoms with E-state index in [-0.39, 0.29) is 35.9 Å². The minimum Gasteiger partial charge on any atom is -0.375 e. The lowest BCUT2D eigenvalue weighted by Crippen LogP contribution is -2.41. The molecule has 2 amide bonds. The average Bonchev–Trinajstić information content (AvgIpc) is 3.08. The Hall–Kier alpha value is -1.88. The van der Waals surface area contributed by atoms with Crippen molar-refractivity contribution in [2.45, 2.75) is 38.5 Å². The zero-order valence-corrected chi connectivity index (χ0v) is 13.0. The van der Waals surface area contributed by atoms with E-state index < -0.39 is 0 Å². The minimum absolute atomic E-state index is 0.00983. The fourth-order valence-electron chi connectivity index (χ4n) is 3.37. The molecule has 2 aliphatic rings. The van der Waals surface area contributed by atoms with Gasteiger partial charge in [-0.25, -0.2) is 0 Å². The van der Waals surface area contributed by atoms with E-state index in [9.17, 15) is 9.59 Å². The van der Waals surface area contributed by atoms with E-state index in [4.69, 9.17) is 4.74 Å². The highest BCUT2D eigenvalue weighted by molar-refractivity contribution is 5.95. The lowest BCUT2D eigenvalue weighted by molar-refractivity contribution is -0.128. The van der Waals surface area contributed by atoms with Gasteiger partial charge in [-0.1, -0.05) is 18.2 Å². The summed E-state index contributed by atoms with van der Waals surface area (Å²) in [5.74, 6) is -0.307. The summed E-state index contributed by atoms with van der Waals surface area (Å²) < 4.78 is 5.75. The Morgan fingerprint density at radius 3 is 2.68 bits per heavy atom. The average molecular weight is 302 g/mol. The quantitative estimate of drug-likeness (QED) is 0.919. The number of fused-ring (bicyclic) bond motifs is 1. The van der Waals surface area contributed by atoms with Gasteiger partial charge in [0.2, 0.25) is 5.91 Å². The third kappa shape index (κ3) is 2.73. The fourth-order valence-corrected chi connectivity index (χ4v) is 3.37. The van der Waals surface area contributed by atoms with Crippen molar-refractivity contribution in [1.82, 2.24) is 10.2 Å².